The maximum absolute atomic E-state index is 11.8. The number of hydrogen-bond acceptors (Lipinski definition) is 4. The van der Waals surface area contributed by atoms with E-state index in [0.717, 1.165) is 18.5 Å². The molecule has 17 heavy (non-hydrogen) atoms. The highest BCUT2D eigenvalue weighted by Crippen LogP contribution is 2.09. The van der Waals surface area contributed by atoms with Crippen LogP contribution in [0.3, 0.4) is 0 Å². The second-order valence-electron chi connectivity index (χ2n) is 4.13. The van der Waals surface area contributed by atoms with Crippen LogP contribution in [0.4, 0.5) is 0 Å². The van der Waals surface area contributed by atoms with E-state index in [1.807, 2.05) is 12.1 Å². The molecule has 2 N–H and O–H groups in total. The zero-order valence-electron chi connectivity index (χ0n) is 9.85. The van der Waals surface area contributed by atoms with Gasteiger partial charge in [0.25, 0.3) is 0 Å². The number of hydrogen-bond donors (Lipinski definition) is 2. The molecule has 0 saturated carbocycles. The van der Waals surface area contributed by atoms with Crippen molar-refractivity contribution in [3.05, 3.63) is 30.1 Å². The summed E-state index contributed by atoms with van der Waals surface area (Å²) in [6.45, 7) is 1.28. The predicted molar refractivity (Wildman–Crippen MR) is 63.3 cm³/mol. The summed E-state index contributed by atoms with van der Waals surface area (Å²) in [5, 5.41) is 6.05. The molecule has 2 unspecified atom stereocenters. The van der Waals surface area contributed by atoms with Crippen molar-refractivity contribution in [2.24, 2.45) is 0 Å². The molecule has 0 aromatic carbocycles. The van der Waals surface area contributed by atoms with Gasteiger partial charge in [0.2, 0.25) is 5.91 Å². The van der Waals surface area contributed by atoms with E-state index in [4.69, 9.17) is 4.74 Å². The minimum atomic E-state index is -0.137. The van der Waals surface area contributed by atoms with E-state index in [-0.39, 0.29) is 18.1 Å². The fraction of sp³-hybridized carbons (Fsp3) is 0.500. The SMILES string of the molecule is COC1CNC(C(=O)NCc2ccncc2)C1. The molecule has 92 valence electrons. The third kappa shape index (κ3) is 3.25. The number of amides is 1. The number of methoxy groups -OCH3 is 1. The first-order valence-corrected chi connectivity index (χ1v) is 5.72. The molecule has 1 aliphatic heterocycles. The van der Waals surface area contributed by atoms with Gasteiger partial charge in [-0.2, -0.15) is 0 Å². The van der Waals surface area contributed by atoms with Crippen LogP contribution in [-0.4, -0.2) is 36.7 Å². The molecule has 1 aliphatic rings. The Kier molecular flexibility index (Phi) is 4.06. The molecule has 5 heteroatoms. The van der Waals surface area contributed by atoms with Gasteiger partial charge in [-0.15, -0.1) is 0 Å². The molecule has 1 amide bonds. The molecule has 2 rings (SSSR count). The first-order valence-electron chi connectivity index (χ1n) is 5.72. The number of nitrogens with zero attached hydrogens (tertiary/aromatic N) is 1. The van der Waals surface area contributed by atoms with Gasteiger partial charge in [-0.25, -0.2) is 0 Å². The summed E-state index contributed by atoms with van der Waals surface area (Å²) < 4.78 is 5.20. The molecule has 0 radical (unpaired) electrons. The molecule has 0 bridgehead atoms. The highest BCUT2D eigenvalue weighted by Gasteiger charge is 2.28. The smallest absolute Gasteiger partial charge is 0.237 e. The van der Waals surface area contributed by atoms with Gasteiger partial charge in [0.15, 0.2) is 0 Å². The van der Waals surface area contributed by atoms with Crippen LogP contribution in [0.5, 0.6) is 0 Å². The first kappa shape index (κ1) is 12.0. The molecule has 1 fully saturated rings. The van der Waals surface area contributed by atoms with E-state index in [9.17, 15) is 4.79 Å². The van der Waals surface area contributed by atoms with E-state index in [1.54, 1.807) is 19.5 Å². The summed E-state index contributed by atoms with van der Waals surface area (Å²) in [6, 6.07) is 3.64. The van der Waals surface area contributed by atoms with Crippen molar-refractivity contribution in [1.82, 2.24) is 15.6 Å². The lowest BCUT2D eigenvalue weighted by atomic mass is 10.2. The lowest BCUT2D eigenvalue weighted by Gasteiger charge is -2.11. The molecular formula is C12H17N3O2. The normalized spacial score (nSPS) is 23.6. The number of nitrogens with one attached hydrogen (secondary N) is 2. The van der Waals surface area contributed by atoms with E-state index < -0.39 is 0 Å². The number of aromatic nitrogens is 1. The van der Waals surface area contributed by atoms with Crippen molar-refractivity contribution in [2.75, 3.05) is 13.7 Å². The summed E-state index contributed by atoms with van der Waals surface area (Å²) in [5.74, 6) is 0.0290. The summed E-state index contributed by atoms with van der Waals surface area (Å²) in [5.41, 5.74) is 1.05. The second kappa shape index (κ2) is 5.75. The van der Waals surface area contributed by atoms with E-state index in [0.29, 0.717) is 6.54 Å². The molecule has 5 nitrogen and oxygen atoms in total. The molecule has 1 saturated heterocycles. The quantitative estimate of drug-likeness (QED) is 0.775. The van der Waals surface area contributed by atoms with Gasteiger partial charge in [-0.1, -0.05) is 0 Å². The lowest BCUT2D eigenvalue weighted by Crippen LogP contribution is -2.39. The topological polar surface area (TPSA) is 63.2 Å². The fourth-order valence-corrected chi connectivity index (χ4v) is 1.90. The van der Waals surface area contributed by atoms with Gasteiger partial charge in [0.1, 0.15) is 0 Å². The number of pyridine rings is 1. The standard InChI is InChI=1S/C12H17N3O2/c1-17-10-6-11(14-8-10)12(16)15-7-9-2-4-13-5-3-9/h2-5,10-11,14H,6-8H2,1H3,(H,15,16). The Morgan fingerprint density at radius 2 is 2.35 bits per heavy atom. The number of carbonyl (C=O) groups is 1. The molecule has 1 aromatic rings. The van der Waals surface area contributed by atoms with Crippen molar-refractivity contribution < 1.29 is 9.53 Å². The van der Waals surface area contributed by atoms with Crippen LogP contribution in [0.2, 0.25) is 0 Å². The minimum absolute atomic E-state index is 0.0290. The van der Waals surface area contributed by atoms with Gasteiger partial charge < -0.3 is 15.4 Å². The molecule has 2 atom stereocenters. The monoisotopic (exact) mass is 235 g/mol. The van der Waals surface area contributed by atoms with Crippen LogP contribution in [0, 0.1) is 0 Å². The van der Waals surface area contributed by atoms with Crippen LogP contribution in [0.25, 0.3) is 0 Å². The largest absolute Gasteiger partial charge is 0.380 e. The third-order valence-corrected chi connectivity index (χ3v) is 2.96. The van der Waals surface area contributed by atoms with Gasteiger partial charge in [0.05, 0.1) is 12.1 Å². The highest BCUT2D eigenvalue weighted by molar-refractivity contribution is 5.82. The van der Waals surface area contributed by atoms with Crippen molar-refractivity contribution in [1.29, 1.82) is 0 Å². The molecule has 0 aliphatic carbocycles. The number of ether oxygens (including phenoxy) is 1. The van der Waals surface area contributed by atoms with Crippen molar-refractivity contribution in [3.63, 3.8) is 0 Å². The fourth-order valence-electron chi connectivity index (χ4n) is 1.90. The highest BCUT2D eigenvalue weighted by atomic mass is 16.5. The van der Waals surface area contributed by atoms with Crippen LogP contribution in [0.1, 0.15) is 12.0 Å². The van der Waals surface area contributed by atoms with Crippen LogP contribution < -0.4 is 10.6 Å². The maximum Gasteiger partial charge on any atom is 0.237 e. The Labute approximate surface area is 101 Å². The van der Waals surface area contributed by atoms with Crippen LogP contribution in [0.15, 0.2) is 24.5 Å². The number of rotatable bonds is 4. The Bertz CT molecular complexity index is 369. The van der Waals surface area contributed by atoms with Crippen molar-refractivity contribution >= 4 is 5.91 Å². The zero-order chi connectivity index (χ0) is 12.1. The Balaban J connectivity index is 1.78. The molecular weight excluding hydrogens is 218 g/mol. The van der Waals surface area contributed by atoms with Gasteiger partial charge in [-0.3, -0.25) is 9.78 Å². The number of carbonyl (C=O) groups excluding carboxylic acids is 1. The predicted octanol–water partition coefficient (Wildman–Crippen LogP) is 0.0747. The maximum atomic E-state index is 11.8. The summed E-state index contributed by atoms with van der Waals surface area (Å²) in [6.07, 6.45) is 4.32. The third-order valence-electron chi connectivity index (χ3n) is 2.96. The van der Waals surface area contributed by atoms with Gasteiger partial charge in [0, 0.05) is 32.6 Å². The Morgan fingerprint density at radius 1 is 1.59 bits per heavy atom. The van der Waals surface area contributed by atoms with Crippen LogP contribution >= 0.6 is 0 Å². The minimum Gasteiger partial charge on any atom is -0.380 e. The van der Waals surface area contributed by atoms with Crippen molar-refractivity contribution in [2.45, 2.75) is 25.1 Å². The van der Waals surface area contributed by atoms with Gasteiger partial charge in [-0.05, 0) is 24.1 Å². The second-order valence-corrected chi connectivity index (χ2v) is 4.13. The first-order chi connectivity index (χ1) is 8.29. The zero-order valence-corrected chi connectivity index (χ0v) is 9.85. The van der Waals surface area contributed by atoms with E-state index >= 15 is 0 Å². The van der Waals surface area contributed by atoms with E-state index in [2.05, 4.69) is 15.6 Å². The summed E-state index contributed by atoms with van der Waals surface area (Å²) >= 11 is 0. The Morgan fingerprint density at radius 3 is 3.00 bits per heavy atom. The van der Waals surface area contributed by atoms with Gasteiger partial charge >= 0.3 is 0 Å². The average molecular weight is 235 g/mol. The lowest BCUT2D eigenvalue weighted by molar-refractivity contribution is -0.123. The average Bonchev–Trinajstić information content (AvgIpc) is 2.86. The molecule has 0 spiro atoms. The summed E-state index contributed by atoms with van der Waals surface area (Å²) in [7, 11) is 1.67. The molecule has 1 aromatic heterocycles. The Hall–Kier alpha value is -1.46. The van der Waals surface area contributed by atoms with Crippen LogP contribution in [-0.2, 0) is 16.1 Å². The summed E-state index contributed by atoms with van der Waals surface area (Å²) in [4.78, 5) is 15.8. The van der Waals surface area contributed by atoms with Crippen molar-refractivity contribution in [3.8, 4) is 0 Å². The van der Waals surface area contributed by atoms with E-state index in [1.165, 1.54) is 0 Å². The molecule has 2 heterocycles.